The molecule has 0 atom stereocenters. The second kappa shape index (κ2) is 6.47. The van der Waals surface area contributed by atoms with Crippen molar-refractivity contribution in [1.82, 2.24) is 14.8 Å². The third-order valence-corrected chi connectivity index (χ3v) is 4.17. The van der Waals surface area contributed by atoms with Crippen LogP contribution in [0.15, 0.2) is 30.6 Å². The van der Waals surface area contributed by atoms with Crippen molar-refractivity contribution in [1.29, 1.82) is 0 Å². The van der Waals surface area contributed by atoms with Crippen molar-refractivity contribution in [2.24, 2.45) is 5.73 Å². The number of nitrogens with zero attached hydrogens (tertiary/aromatic N) is 3. The highest BCUT2D eigenvalue weighted by Crippen LogP contribution is 2.23. The number of hydrogen-bond donors (Lipinski definition) is 2. The minimum atomic E-state index is -0.863. The van der Waals surface area contributed by atoms with E-state index >= 15 is 0 Å². The molecule has 1 amide bonds. The molecule has 1 aliphatic rings. The number of ether oxygens (including phenoxy) is 1. The van der Waals surface area contributed by atoms with Gasteiger partial charge >= 0.3 is 0 Å². The van der Waals surface area contributed by atoms with Gasteiger partial charge < -0.3 is 20.4 Å². The van der Waals surface area contributed by atoms with E-state index in [1.165, 1.54) is 0 Å². The summed E-state index contributed by atoms with van der Waals surface area (Å²) in [7, 11) is 0. The lowest BCUT2D eigenvalue weighted by molar-refractivity contribution is -0.124. The molecule has 1 saturated heterocycles. The van der Waals surface area contributed by atoms with Crippen molar-refractivity contribution in [3.05, 3.63) is 30.6 Å². The van der Waals surface area contributed by atoms with E-state index in [9.17, 15) is 4.79 Å². The van der Waals surface area contributed by atoms with Crippen LogP contribution in [-0.2, 0) is 16.1 Å². The Morgan fingerprint density at radius 3 is 2.96 bits per heavy atom. The highest BCUT2D eigenvalue weighted by atomic mass is 16.5. The van der Waals surface area contributed by atoms with Gasteiger partial charge in [-0.05, 0) is 31.9 Å². The fourth-order valence-corrected chi connectivity index (χ4v) is 2.66. The van der Waals surface area contributed by atoms with Gasteiger partial charge in [0.15, 0.2) is 5.82 Å². The standard InChI is InChI=1S/C16H21N5O2/c1-2-21-11-18-20-14(21)12-4-3-5-13(10-12)19-15(22)16(17)6-8-23-9-7-16/h3-5,10-11H,2,6-9,17H2,1H3,(H,19,22). The summed E-state index contributed by atoms with van der Waals surface area (Å²) < 4.78 is 7.23. The van der Waals surface area contributed by atoms with Crippen molar-refractivity contribution in [3.63, 3.8) is 0 Å². The van der Waals surface area contributed by atoms with E-state index < -0.39 is 5.54 Å². The maximum absolute atomic E-state index is 12.5. The molecule has 2 heterocycles. The summed E-state index contributed by atoms with van der Waals surface area (Å²) in [5, 5.41) is 11.0. The van der Waals surface area contributed by atoms with Crippen LogP contribution >= 0.6 is 0 Å². The van der Waals surface area contributed by atoms with E-state index in [0.29, 0.717) is 31.7 Å². The summed E-state index contributed by atoms with van der Waals surface area (Å²) in [6.45, 7) is 3.85. The van der Waals surface area contributed by atoms with Crippen LogP contribution in [0.5, 0.6) is 0 Å². The lowest BCUT2D eigenvalue weighted by atomic mass is 9.90. The second-order valence-electron chi connectivity index (χ2n) is 5.74. The summed E-state index contributed by atoms with van der Waals surface area (Å²) in [6.07, 6.45) is 2.75. The molecule has 122 valence electrons. The Bertz CT molecular complexity index is 691. The molecule has 0 unspecified atom stereocenters. The van der Waals surface area contributed by atoms with Gasteiger partial charge in [-0.15, -0.1) is 10.2 Å². The molecule has 1 aromatic heterocycles. The van der Waals surface area contributed by atoms with Crippen LogP contribution < -0.4 is 11.1 Å². The monoisotopic (exact) mass is 315 g/mol. The van der Waals surface area contributed by atoms with Gasteiger partial charge in [0.25, 0.3) is 0 Å². The van der Waals surface area contributed by atoms with Crippen LogP contribution in [0.25, 0.3) is 11.4 Å². The zero-order valence-corrected chi connectivity index (χ0v) is 13.2. The lowest BCUT2D eigenvalue weighted by Gasteiger charge is -2.31. The number of aromatic nitrogens is 3. The molecular formula is C16H21N5O2. The molecule has 0 spiro atoms. The van der Waals surface area contributed by atoms with E-state index in [0.717, 1.165) is 17.9 Å². The van der Waals surface area contributed by atoms with Gasteiger partial charge in [-0.1, -0.05) is 12.1 Å². The van der Waals surface area contributed by atoms with Crippen LogP contribution in [-0.4, -0.2) is 39.4 Å². The molecule has 7 heteroatoms. The molecule has 3 rings (SSSR count). The lowest BCUT2D eigenvalue weighted by Crippen LogP contribution is -2.54. The Balaban J connectivity index is 1.79. The molecule has 1 aliphatic heterocycles. The molecule has 7 nitrogen and oxygen atoms in total. The van der Waals surface area contributed by atoms with Crippen molar-refractivity contribution in [2.75, 3.05) is 18.5 Å². The average Bonchev–Trinajstić information content (AvgIpc) is 3.04. The average molecular weight is 315 g/mol. The van der Waals surface area contributed by atoms with E-state index in [-0.39, 0.29) is 5.91 Å². The van der Waals surface area contributed by atoms with Crippen molar-refractivity contribution in [2.45, 2.75) is 31.8 Å². The Hall–Kier alpha value is -2.25. The van der Waals surface area contributed by atoms with Gasteiger partial charge in [-0.2, -0.15) is 0 Å². The molecule has 3 N–H and O–H groups in total. The molecule has 1 aromatic carbocycles. The predicted octanol–water partition coefficient (Wildman–Crippen LogP) is 1.41. The fraction of sp³-hybridized carbons (Fsp3) is 0.438. The summed E-state index contributed by atoms with van der Waals surface area (Å²) in [5.74, 6) is 0.604. The fourth-order valence-electron chi connectivity index (χ4n) is 2.66. The molecule has 1 fully saturated rings. The molecule has 0 aliphatic carbocycles. The van der Waals surface area contributed by atoms with Gasteiger partial charge in [0.05, 0.1) is 0 Å². The first-order valence-electron chi connectivity index (χ1n) is 7.79. The van der Waals surface area contributed by atoms with Crippen molar-refractivity contribution >= 4 is 11.6 Å². The molecule has 0 bridgehead atoms. The molecular weight excluding hydrogens is 294 g/mol. The van der Waals surface area contributed by atoms with Gasteiger partial charge in [0, 0.05) is 31.0 Å². The molecule has 23 heavy (non-hydrogen) atoms. The number of carbonyl (C=O) groups excluding carboxylic acids is 1. The van der Waals surface area contributed by atoms with E-state index in [1.54, 1.807) is 6.33 Å². The van der Waals surface area contributed by atoms with Gasteiger partial charge in [0.1, 0.15) is 11.9 Å². The molecule has 0 radical (unpaired) electrons. The number of benzene rings is 1. The van der Waals surface area contributed by atoms with Crippen LogP contribution in [0.2, 0.25) is 0 Å². The number of hydrogen-bond acceptors (Lipinski definition) is 5. The number of carbonyl (C=O) groups is 1. The quantitative estimate of drug-likeness (QED) is 0.889. The third kappa shape index (κ3) is 3.25. The van der Waals surface area contributed by atoms with Gasteiger partial charge in [-0.3, -0.25) is 4.79 Å². The maximum atomic E-state index is 12.5. The molecule has 2 aromatic rings. The first kappa shape index (κ1) is 15.6. The molecule has 0 saturated carbocycles. The minimum absolute atomic E-state index is 0.171. The van der Waals surface area contributed by atoms with Gasteiger partial charge in [0.2, 0.25) is 5.91 Å². The maximum Gasteiger partial charge on any atom is 0.244 e. The number of nitrogens with two attached hydrogens (primary N) is 1. The zero-order chi connectivity index (χ0) is 16.3. The topological polar surface area (TPSA) is 95.1 Å². The van der Waals surface area contributed by atoms with E-state index in [4.69, 9.17) is 10.5 Å². The smallest absolute Gasteiger partial charge is 0.244 e. The Morgan fingerprint density at radius 2 is 2.22 bits per heavy atom. The number of amides is 1. The highest BCUT2D eigenvalue weighted by molar-refractivity contribution is 5.98. The largest absolute Gasteiger partial charge is 0.381 e. The van der Waals surface area contributed by atoms with Crippen LogP contribution in [0.1, 0.15) is 19.8 Å². The van der Waals surface area contributed by atoms with E-state index in [1.807, 2.05) is 35.8 Å². The first-order valence-corrected chi connectivity index (χ1v) is 7.79. The normalized spacial score (nSPS) is 17.0. The SMILES string of the molecule is CCn1cnnc1-c1cccc(NC(=O)C2(N)CCOCC2)c1. The summed E-state index contributed by atoms with van der Waals surface area (Å²) in [6, 6.07) is 7.55. The first-order chi connectivity index (χ1) is 11.1. The number of anilines is 1. The van der Waals surface area contributed by atoms with Gasteiger partial charge in [-0.25, -0.2) is 0 Å². The van der Waals surface area contributed by atoms with Crippen LogP contribution in [0, 0.1) is 0 Å². The van der Waals surface area contributed by atoms with Crippen molar-refractivity contribution < 1.29 is 9.53 Å². The summed E-state index contributed by atoms with van der Waals surface area (Å²) >= 11 is 0. The Labute approximate surface area is 134 Å². The van der Waals surface area contributed by atoms with Crippen LogP contribution in [0.3, 0.4) is 0 Å². The third-order valence-electron chi connectivity index (χ3n) is 4.17. The van der Waals surface area contributed by atoms with Crippen LogP contribution in [0.4, 0.5) is 5.69 Å². The minimum Gasteiger partial charge on any atom is -0.381 e. The predicted molar refractivity (Wildman–Crippen MR) is 86.7 cm³/mol. The summed E-state index contributed by atoms with van der Waals surface area (Å²) in [4.78, 5) is 12.5. The highest BCUT2D eigenvalue weighted by Gasteiger charge is 2.35. The second-order valence-corrected chi connectivity index (χ2v) is 5.74. The van der Waals surface area contributed by atoms with E-state index in [2.05, 4.69) is 15.5 Å². The number of nitrogens with one attached hydrogen (secondary N) is 1. The number of rotatable bonds is 4. The Kier molecular flexibility index (Phi) is 4.40. The summed E-state index contributed by atoms with van der Waals surface area (Å²) in [5.41, 5.74) is 6.95. The Morgan fingerprint density at radius 1 is 1.43 bits per heavy atom. The zero-order valence-electron chi connectivity index (χ0n) is 13.2. The van der Waals surface area contributed by atoms with Crippen molar-refractivity contribution in [3.8, 4) is 11.4 Å². The number of aryl methyl sites for hydroxylation is 1.